The smallest absolute Gasteiger partial charge is 0.324 e. The number of nitrogens with zero attached hydrogens (tertiary/aromatic N) is 3. The van der Waals surface area contributed by atoms with E-state index in [9.17, 15) is 4.57 Å². The molecule has 14 heavy (non-hydrogen) atoms. The van der Waals surface area contributed by atoms with Crippen LogP contribution in [0.2, 0.25) is 0 Å². The lowest BCUT2D eigenvalue weighted by molar-refractivity contribution is 0.370. The highest BCUT2D eigenvalue weighted by atomic mass is 32.1. The van der Waals surface area contributed by atoms with E-state index in [-0.39, 0.29) is 6.16 Å². The summed E-state index contributed by atoms with van der Waals surface area (Å²) < 4.78 is 12.4. The first-order valence-corrected chi connectivity index (χ1v) is 6.22. The second-order valence-electron chi connectivity index (χ2n) is 2.83. The van der Waals surface area contributed by atoms with E-state index in [4.69, 9.17) is 22.0 Å². The van der Waals surface area contributed by atoms with Crippen molar-refractivity contribution in [3.05, 3.63) is 4.77 Å². The van der Waals surface area contributed by atoms with Crippen LogP contribution < -0.4 is 0 Å². The monoisotopic (exact) mass is 238 g/mol. The molecule has 0 saturated heterocycles. The third-order valence-corrected chi connectivity index (χ3v) is 2.81. The van der Waals surface area contributed by atoms with Crippen LogP contribution in [0.5, 0.6) is 0 Å². The lowest BCUT2D eigenvalue weighted by Gasteiger charge is -2.03. The topological polar surface area (TPSA) is 104 Å². The summed E-state index contributed by atoms with van der Waals surface area (Å²) in [4.78, 5) is 17.2. The Balaban J connectivity index is 2.27. The zero-order valence-electron chi connectivity index (χ0n) is 7.33. The summed E-state index contributed by atoms with van der Waals surface area (Å²) in [5, 5.41) is 9.60. The molecule has 0 saturated carbocycles. The summed E-state index contributed by atoms with van der Waals surface area (Å²) in [7, 11) is -3.86. The number of hydrogen-bond donors (Lipinski definition) is 3. The highest BCUT2D eigenvalue weighted by Gasteiger charge is 2.11. The van der Waals surface area contributed by atoms with Gasteiger partial charge < -0.3 is 9.79 Å². The molecule has 0 bridgehead atoms. The van der Waals surface area contributed by atoms with Crippen molar-refractivity contribution in [3.63, 3.8) is 0 Å². The third kappa shape index (κ3) is 4.10. The zero-order chi connectivity index (χ0) is 10.6. The average Bonchev–Trinajstić information content (AvgIpc) is 2.44. The van der Waals surface area contributed by atoms with E-state index in [0.717, 1.165) is 0 Å². The molecule has 0 aliphatic rings. The number of unbranched alkanes of at least 4 members (excludes halogenated alkanes) is 1. The summed E-state index contributed by atoms with van der Waals surface area (Å²) in [5.74, 6) is 0. The van der Waals surface area contributed by atoms with E-state index in [0.29, 0.717) is 24.2 Å². The van der Waals surface area contributed by atoms with Crippen LogP contribution in [0.1, 0.15) is 12.8 Å². The quantitative estimate of drug-likeness (QED) is 0.387. The maximum Gasteiger partial charge on any atom is 0.325 e. The van der Waals surface area contributed by atoms with Crippen LogP contribution in [0.15, 0.2) is 0 Å². The van der Waals surface area contributed by atoms with Gasteiger partial charge in [0.15, 0.2) is 0 Å². The van der Waals surface area contributed by atoms with Crippen LogP contribution in [0.4, 0.5) is 0 Å². The van der Waals surface area contributed by atoms with Gasteiger partial charge in [-0.25, -0.2) is 4.68 Å². The number of aromatic nitrogens is 4. The fraction of sp³-hybridized carbons (Fsp3) is 0.800. The van der Waals surface area contributed by atoms with Gasteiger partial charge in [0.05, 0.1) is 0 Å². The first kappa shape index (κ1) is 11.5. The second kappa shape index (κ2) is 4.79. The molecule has 0 fully saturated rings. The summed E-state index contributed by atoms with van der Waals surface area (Å²) in [6.45, 7) is 0.547. The number of rotatable bonds is 5. The van der Waals surface area contributed by atoms with Crippen molar-refractivity contribution in [2.75, 3.05) is 6.16 Å². The summed E-state index contributed by atoms with van der Waals surface area (Å²) in [6, 6.07) is 0. The van der Waals surface area contributed by atoms with Gasteiger partial charge in [0.1, 0.15) is 0 Å². The largest absolute Gasteiger partial charge is 0.325 e. The van der Waals surface area contributed by atoms with Crippen molar-refractivity contribution in [2.45, 2.75) is 19.4 Å². The number of hydrogen-bond acceptors (Lipinski definition) is 4. The van der Waals surface area contributed by atoms with Crippen molar-refractivity contribution < 1.29 is 14.4 Å². The normalized spacial score (nSPS) is 11.9. The molecule has 0 amide bonds. The molecule has 0 aliphatic carbocycles. The molecule has 80 valence electrons. The second-order valence-corrected chi connectivity index (χ2v) is 4.97. The molecule has 1 aromatic rings. The number of H-pyrrole nitrogens is 1. The van der Waals surface area contributed by atoms with Gasteiger partial charge in [-0.3, -0.25) is 4.57 Å². The maximum absolute atomic E-state index is 10.5. The molecule has 0 spiro atoms. The van der Waals surface area contributed by atoms with Crippen molar-refractivity contribution >= 4 is 19.8 Å². The van der Waals surface area contributed by atoms with E-state index < -0.39 is 7.60 Å². The van der Waals surface area contributed by atoms with Crippen LogP contribution in [-0.4, -0.2) is 36.2 Å². The number of tetrazole rings is 1. The Kier molecular flexibility index (Phi) is 3.94. The number of aromatic amines is 1. The Labute approximate surface area is 85.3 Å². The molecule has 3 N–H and O–H groups in total. The van der Waals surface area contributed by atoms with Gasteiger partial charge in [-0.2, -0.15) is 5.21 Å². The standard InChI is InChI=1S/C5H11N4O3PS/c10-13(11,12)4-2-1-3-9-5(14)6-7-8-9/h1-4H2,(H,6,8,14)(H2,10,11,12). The minimum atomic E-state index is -3.86. The summed E-state index contributed by atoms with van der Waals surface area (Å²) in [5.41, 5.74) is 0. The third-order valence-electron chi connectivity index (χ3n) is 1.61. The van der Waals surface area contributed by atoms with Crippen LogP contribution in [-0.2, 0) is 11.1 Å². The molecule has 0 aliphatic heterocycles. The van der Waals surface area contributed by atoms with Gasteiger partial charge in [-0.15, -0.1) is 0 Å². The molecular weight excluding hydrogens is 227 g/mol. The molecule has 1 heterocycles. The van der Waals surface area contributed by atoms with E-state index in [1.54, 1.807) is 4.68 Å². The van der Waals surface area contributed by atoms with Gasteiger partial charge in [0.25, 0.3) is 0 Å². The molecule has 0 aromatic carbocycles. The number of aryl methyl sites for hydroxylation is 1. The zero-order valence-corrected chi connectivity index (χ0v) is 9.04. The number of nitrogens with one attached hydrogen (secondary N) is 1. The average molecular weight is 238 g/mol. The van der Waals surface area contributed by atoms with Crippen LogP contribution in [0.3, 0.4) is 0 Å². The van der Waals surface area contributed by atoms with E-state index in [2.05, 4.69) is 15.5 Å². The van der Waals surface area contributed by atoms with Gasteiger partial charge in [0.2, 0.25) is 4.77 Å². The molecule has 1 aromatic heterocycles. The van der Waals surface area contributed by atoms with E-state index in [1.165, 1.54) is 0 Å². The van der Waals surface area contributed by atoms with Gasteiger partial charge in [0, 0.05) is 12.7 Å². The van der Waals surface area contributed by atoms with Crippen LogP contribution in [0, 0.1) is 4.77 Å². The highest BCUT2D eigenvalue weighted by Crippen LogP contribution is 2.35. The molecular formula is C5H11N4O3PS. The first-order valence-electron chi connectivity index (χ1n) is 4.01. The molecule has 0 unspecified atom stereocenters. The van der Waals surface area contributed by atoms with Crippen molar-refractivity contribution in [1.29, 1.82) is 0 Å². The lowest BCUT2D eigenvalue weighted by atomic mass is 10.3. The minimum absolute atomic E-state index is 0.0953. The Bertz CT molecular complexity index is 382. The molecule has 0 atom stereocenters. The fourth-order valence-electron chi connectivity index (χ4n) is 0.949. The Morgan fingerprint density at radius 1 is 1.50 bits per heavy atom. The van der Waals surface area contributed by atoms with E-state index >= 15 is 0 Å². The van der Waals surface area contributed by atoms with Gasteiger partial charge in [-0.05, 0) is 25.1 Å². The Morgan fingerprint density at radius 3 is 2.71 bits per heavy atom. The lowest BCUT2D eigenvalue weighted by Crippen LogP contribution is -2.01. The molecule has 1 rings (SSSR count). The summed E-state index contributed by atoms with van der Waals surface area (Å²) in [6.07, 6.45) is 0.982. The van der Waals surface area contributed by atoms with Gasteiger partial charge in [-0.1, -0.05) is 10.3 Å². The van der Waals surface area contributed by atoms with Crippen molar-refractivity contribution in [1.82, 2.24) is 20.2 Å². The first-order chi connectivity index (χ1) is 6.49. The molecule has 7 nitrogen and oxygen atoms in total. The van der Waals surface area contributed by atoms with Crippen LogP contribution >= 0.6 is 19.8 Å². The van der Waals surface area contributed by atoms with Crippen LogP contribution in [0.25, 0.3) is 0 Å². The predicted molar refractivity (Wildman–Crippen MR) is 51.4 cm³/mol. The van der Waals surface area contributed by atoms with E-state index in [1.807, 2.05) is 0 Å². The van der Waals surface area contributed by atoms with Crippen molar-refractivity contribution in [3.8, 4) is 0 Å². The fourth-order valence-corrected chi connectivity index (χ4v) is 1.76. The minimum Gasteiger partial charge on any atom is -0.324 e. The molecule has 9 heteroatoms. The maximum atomic E-state index is 10.5. The summed E-state index contributed by atoms with van der Waals surface area (Å²) >= 11 is 4.81. The molecule has 0 radical (unpaired) electrons. The highest BCUT2D eigenvalue weighted by molar-refractivity contribution is 7.71. The Hall–Kier alpha value is -0.560. The SMILES string of the molecule is O=P(O)(O)CCCCn1[nH]nnc1=S. The Morgan fingerprint density at radius 2 is 2.21 bits per heavy atom. The van der Waals surface area contributed by atoms with Crippen molar-refractivity contribution in [2.24, 2.45) is 0 Å². The predicted octanol–water partition coefficient (Wildman–Crippen LogP) is 0.294. The van der Waals surface area contributed by atoms with Gasteiger partial charge >= 0.3 is 7.60 Å².